The van der Waals surface area contributed by atoms with E-state index in [0.29, 0.717) is 16.2 Å². The van der Waals surface area contributed by atoms with Gasteiger partial charge in [0.25, 0.3) is 0 Å². The maximum atomic E-state index is 13.1. The molecule has 0 amide bonds. The molecule has 6 heteroatoms. The Morgan fingerprint density at radius 1 is 1.03 bits per heavy atom. The van der Waals surface area contributed by atoms with Crippen molar-refractivity contribution in [2.45, 2.75) is 6.92 Å². The Hall–Kier alpha value is -3.44. The van der Waals surface area contributed by atoms with Gasteiger partial charge in [-0.2, -0.15) is 0 Å². The van der Waals surface area contributed by atoms with Gasteiger partial charge < -0.3 is 9.15 Å². The first-order valence-corrected chi connectivity index (χ1v) is 9.55. The van der Waals surface area contributed by atoms with Crippen molar-refractivity contribution in [3.8, 4) is 17.1 Å². The minimum atomic E-state index is -0.443. The van der Waals surface area contributed by atoms with Crippen molar-refractivity contribution in [1.29, 1.82) is 0 Å². The lowest BCUT2D eigenvalue weighted by Crippen LogP contribution is -2.17. The monoisotopic (exact) mass is 422 g/mol. The standard InChI is InChI=1S/C24H16ClFO4/c1-14-2-4-16(5-3-14)23-24(22(28)19-12-17(25)8-11-21(19)30-23)29-13-20(27)15-6-9-18(26)10-7-15/h2-12H,13H2,1H3. The first-order valence-electron chi connectivity index (χ1n) is 9.17. The molecule has 0 aliphatic rings. The quantitative estimate of drug-likeness (QED) is 0.380. The van der Waals surface area contributed by atoms with Gasteiger partial charge in [-0.15, -0.1) is 0 Å². The number of halogens is 2. The molecule has 150 valence electrons. The number of hydrogen-bond acceptors (Lipinski definition) is 4. The fourth-order valence-corrected chi connectivity index (χ4v) is 3.21. The highest BCUT2D eigenvalue weighted by molar-refractivity contribution is 6.31. The maximum Gasteiger partial charge on any atom is 0.235 e. The van der Waals surface area contributed by atoms with Crippen LogP contribution >= 0.6 is 11.6 Å². The predicted molar refractivity (Wildman–Crippen MR) is 114 cm³/mol. The normalized spacial score (nSPS) is 10.9. The summed E-state index contributed by atoms with van der Waals surface area (Å²) in [6, 6.07) is 17.2. The van der Waals surface area contributed by atoms with Crippen molar-refractivity contribution in [3.63, 3.8) is 0 Å². The molecule has 0 spiro atoms. The van der Waals surface area contributed by atoms with Gasteiger partial charge >= 0.3 is 0 Å². The molecule has 1 aromatic heterocycles. The molecule has 0 atom stereocenters. The van der Waals surface area contributed by atoms with Crippen molar-refractivity contribution >= 4 is 28.4 Å². The topological polar surface area (TPSA) is 56.5 Å². The number of carbonyl (C=O) groups excluding carboxylic acids is 1. The number of Topliss-reactive ketones (excluding diaryl/α,β-unsaturated/α-hetero) is 1. The number of ether oxygens (including phenoxy) is 1. The van der Waals surface area contributed by atoms with E-state index in [4.69, 9.17) is 20.8 Å². The van der Waals surface area contributed by atoms with E-state index < -0.39 is 23.6 Å². The summed E-state index contributed by atoms with van der Waals surface area (Å²) in [7, 11) is 0. The average molecular weight is 423 g/mol. The van der Waals surface area contributed by atoms with Gasteiger partial charge in [0.05, 0.1) is 5.39 Å². The molecule has 3 aromatic carbocycles. The summed E-state index contributed by atoms with van der Waals surface area (Å²) in [6.45, 7) is 1.54. The molecule has 0 unspecified atom stereocenters. The Bertz CT molecular complexity index is 1290. The fraction of sp³-hybridized carbons (Fsp3) is 0.0833. The molecule has 4 rings (SSSR count). The number of rotatable bonds is 5. The molecule has 0 fully saturated rings. The lowest BCUT2D eigenvalue weighted by Gasteiger charge is -2.12. The zero-order valence-electron chi connectivity index (χ0n) is 15.9. The predicted octanol–water partition coefficient (Wildman–Crippen LogP) is 5.82. The van der Waals surface area contributed by atoms with Crippen LogP contribution < -0.4 is 10.2 Å². The lowest BCUT2D eigenvalue weighted by atomic mass is 10.1. The van der Waals surface area contributed by atoms with E-state index in [2.05, 4.69) is 0 Å². The summed E-state index contributed by atoms with van der Waals surface area (Å²) in [5.74, 6) is -0.692. The van der Waals surface area contributed by atoms with E-state index in [-0.39, 0.29) is 22.5 Å². The zero-order valence-corrected chi connectivity index (χ0v) is 16.7. The molecule has 0 aliphatic carbocycles. The minimum Gasteiger partial charge on any atom is -0.478 e. The third kappa shape index (κ3) is 3.98. The summed E-state index contributed by atoms with van der Waals surface area (Å²) >= 11 is 6.03. The van der Waals surface area contributed by atoms with Gasteiger partial charge in [-0.3, -0.25) is 9.59 Å². The van der Waals surface area contributed by atoms with Crippen LogP contribution in [0.2, 0.25) is 5.02 Å². The maximum absolute atomic E-state index is 13.1. The second-order valence-corrected chi connectivity index (χ2v) is 7.25. The Morgan fingerprint density at radius 3 is 2.43 bits per heavy atom. The first-order chi connectivity index (χ1) is 14.4. The SMILES string of the molecule is Cc1ccc(-c2oc3ccc(Cl)cc3c(=O)c2OCC(=O)c2ccc(F)cc2)cc1. The van der Waals surface area contributed by atoms with Gasteiger partial charge in [-0.25, -0.2) is 4.39 Å². The molecule has 0 N–H and O–H groups in total. The van der Waals surface area contributed by atoms with Crippen LogP contribution in [0, 0.1) is 12.7 Å². The molecular weight excluding hydrogens is 407 g/mol. The zero-order chi connectivity index (χ0) is 21.3. The van der Waals surface area contributed by atoms with Crippen LogP contribution in [0.4, 0.5) is 4.39 Å². The molecule has 0 radical (unpaired) electrons. The van der Waals surface area contributed by atoms with Crippen LogP contribution in [-0.2, 0) is 0 Å². The Kier molecular flexibility index (Phi) is 5.38. The van der Waals surface area contributed by atoms with E-state index >= 15 is 0 Å². The van der Waals surface area contributed by atoms with Crippen LogP contribution in [0.25, 0.3) is 22.3 Å². The summed E-state index contributed by atoms with van der Waals surface area (Å²) in [6.07, 6.45) is 0. The third-order valence-electron chi connectivity index (χ3n) is 4.64. The average Bonchev–Trinajstić information content (AvgIpc) is 2.74. The van der Waals surface area contributed by atoms with Crippen molar-refractivity contribution in [3.05, 3.63) is 98.9 Å². The highest BCUT2D eigenvalue weighted by atomic mass is 35.5. The summed E-state index contributed by atoms with van der Waals surface area (Å²) < 4.78 is 24.7. The number of aryl methyl sites for hydroxylation is 1. The van der Waals surface area contributed by atoms with E-state index in [0.717, 1.165) is 5.56 Å². The van der Waals surface area contributed by atoms with Crippen LogP contribution in [0.3, 0.4) is 0 Å². The van der Waals surface area contributed by atoms with Gasteiger partial charge in [0.2, 0.25) is 11.2 Å². The summed E-state index contributed by atoms with van der Waals surface area (Å²) in [5.41, 5.74) is 1.89. The molecule has 1 heterocycles. The van der Waals surface area contributed by atoms with Crippen molar-refractivity contribution in [1.82, 2.24) is 0 Å². The van der Waals surface area contributed by atoms with Crippen LogP contribution in [0.5, 0.6) is 5.75 Å². The van der Waals surface area contributed by atoms with Gasteiger partial charge in [0.1, 0.15) is 11.4 Å². The van der Waals surface area contributed by atoms with E-state index in [1.165, 1.54) is 30.3 Å². The molecule has 0 saturated heterocycles. The summed E-state index contributed by atoms with van der Waals surface area (Å²) in [4.78, 5) is 25.6. The molecular formula is C24H16ClFO4. The van der Waals surface area contributed by atoms with Gasteiger partial charge in [-0.1, -0.05) is 41.4 Å². The number of carbonyl (C=O) groups is 1. The van der Waals surface area contributed by atoms with Crippen molar-refractivity contribution < 1.29 is 18.3 Å². The van der Waals surface area contributed by atoms with E-state index in [1.807, 2.05) is 31.2 Å². The fourth-order valence-electron chi connectivity index (χ4n) is 3.03. The first kappa shape index (κ1) is 19.9. The molecule has 4 aromatic rings. The lowest BCUT2D eigenvalue weighted by molar-refractivity contribution is 0.0920. The van der Waals surface area contributed by atoms with Gasteiger partial charge in [-0.05, 0) is 49.4 Å². The number of ketones is 1. The second kappa shape index (κ2) is 8.13. The van der Waals surface area contributed by atoms with Crippen LogP contribution in [0.1, 0.15) is 15.9 Å². The van der Waals surface area contributed by atoms with Crippen LogP contribution in [0.15, 0.2) is 75.9 Å². The number of fused-ring (bicyclic) bond motifs is 1. The largest absolute Gasteiger partial charge is 0.478 e. The van der Waals surface area contributed by atoms with Crippen molar-refractivity contribution in [2.24, 2.45) is 0 Å². The number of benzene rings is 3. The van der Waals surface area contributed by atoms with Crippen LogP contribution in [-0.4, -0.2) is 12.4 Å². The highest BCUT2D eigenvalue weighted by Crippen LogP contribution is 2.32. The second-order valence-electron chi connectivity index (χ2n) is 6.81. The smallest absolute Gasteiger partial charge is 0.235 e. The van der Waals surface area contributed by atoms with Gasteiger partial charge in [0.15, 0.2) is 18.2 Å². The molecule has 30 heavy (non-hydrogen) atoms. The van der Waals surface area contributed by atoms with Crippen molar-refractivity contribution in [2.75, 3.05) is 6.61 Å². The minimum absolute atomic E-state index is 0.0796. The molecule has 0 saturated carbocycles. The molecule has 0 bridgehead atoms. The van der Waals surface area contributed by atoms with E-state index in [9.17, 15) is 14.0 Å². The Balaban J connectivity index is 1.77. The van der Waals surface area contributed by atoms with Gasteiger partial charge in [0, 0.05) is 16.1 Å². The molecule has 0 aliphatic heterocycles. The number of hydrogen-bond donors (Lipinski definition) is 0. The molecule has 4 nitrogen and oxygen atoms in total. The third-order valence-corrected chi connectivity index (χ3v) is 4.87. The Labute approximate surface area is 176 Å². The Morgan fingerprint density at radius 2 is 1.73 bits per heavy atom. The summed E-state index contributed by atoms with van der Waals surface area (Å²) in [5, 5.41) is 0.633. The highest BCUT2D eigenvalue weighted by Gasteiger charge is 2.19. The van der Waals surface area contributed by atoms with E-state index in [1.54, 1.807) is 12.1 Å².